The maximum atomic E-state index is 9.20. The van der Waals surface area contributed by atoms with Crippen LogP contribution < -0.4 is 10.6 Å². The van der Waals surface area contributed by atoms with Crippen molar-refractivity contribution >= 4 is 21.6 Å². The van der Waals surface area contributed by atoms with E-state index in [9.17, 15) is 5.11 Å². The molecule has 3 N–H and O–H groups in total. The van der Waals surface area contributed by atoms with Crippen LogP contribution in [0.4, 0.5) is 5.69 Å². The fraction of sp³-hybridized carbons (Fsp3) is 0.538. The molecule has 1 aromatic rings. The highest BCUT2D eigenvalue weighted by Crippen LogP contribution is 2.32. The topological polar surface area (TPSA) is 49.5 Å². The van der Waals surface area contributed by atoms with Crippen molar-refractivity contribution in [3.05, 3.63) is 28.2 Å². The Morgan fingerprint density at radius 2 is 2.35 bits per heavy atom. The molecule has 1 saturated heterocycles. The van der Waals surface area contributed by atoms with Crippen LogP contribution in [0, 0.1) is 5.92 Å². The molecule has 0 bridgehead atoms. The normalized spacial score (nSPS) is 21.9. The number of hydrogen-bond acceptors (Lipinski definition) is 3. The van der Waals surface area contributed by atoms with Gasteiger partial charge in [-0.15, -0.1) is 0 Å². The Morgan fingerprint density at radius 3 is 2.94 bits per heavy atom. The van der Waals surface area contributed by atoms with Crippen LogP contribution in [-0.2, 0) is 0 Å². The lowest BCUT2D eigenvalue weighted by Gasteiger charge is -2.24. The van der Waals surface area contributed by atoms with Crippen LogP contribution in [0.1, 0.15) is 24.9 Å². The number of aliphatic hydroxyl groups excluding tert-OH is 1. The molecule has 1 fully saturated rings. The molecule has 0 amide bonds. The summed E-state index contributed by atoms with van der Waals surface area (Å²) >= 11 is 3.51. The van der Waals surface area contributed by atoms with E-state index < -0.39 is 0 Å². The summed E-state index contributed by atoms with van der Waals surface area (Å²) in [7, 11) is 0. The number of nitrogens with two attached hydrogens (primary N) is 1. The van der Waals surface area contributed by atoms with E-state index in [0.717, 1.165) is 24.0 Å². The van der Waals surface area contributed by atoms with Crippen molar-refractivity contribution in [3.8, 4) is 0 Å². The Balaban J connectivity index is 2.27. The largest absolute Gasteiger partial charge is 0.396 e. The third kappa shape index (κ3) is 2.81. The predicted octanol–water partition coefficient (Wildman–Crippen LogP) is 2.29. The third-order valence-corrected chi connectivity index (χ3v) is 3.86. The molecule has 1 aliphatic heterocycles. The van der Waals surface area contributed by atoms with Crippen LogP contribution in [0.5, 0.6) is 0 Å². The van der Waals surface area contributed by atoms with Crippen molar-refractivity contribution in [1.82, 2.24) is 0 Å². The van der Waals surface area contributed by atoms with E-state index in [4.69, 9.17) is 5.73 Å². The van der Waals surface area contributed by atoms with Gasteiger partial charge >= 0.3 is 0 Å². The zero-order valence-corrected chi connectivity index (χ0v) is 11.7. The molecule has 0 saturated carbocycles. The van der Waals surface area contributed by atoms with E-state index in [0.29, 0.717) is 5.92 Å². The van der Waals surface area contributed by atoms with Crippen molar-refractivity contribution in [2.45, 2.75) is 19.4 Å². The Hall–Kier alpha value is -0.580. The van der Waals surface area contributed by atoms with Gasteiger partial charge in [0.25, 0.3) is 0 Å². The molecule has 0 radical (unpaired) electrons. The maximum absolute atomic E-state index is 9.20. The lowest BCUT2D eigenvalue weighted by atomic mass is 10.1. The van der Waals surface area contributed by atoms with Crippen LogP contribution in [0.25, 0.3) is 0 Å². The number of anilines is 1. The molecule has 3 nitrogen and oxygen atoms in total. The first-order chi connectivity index (χ1) is 8.11. The second kappa shape index (κ2) is 5.38. The van der Waals surface area contributed by atoms with E-state index in [2.05, 4.69) is 33.0 Å². The molecule has 1 aromatic carbocycles. The first-order valence-electron chi connectivity index (χ1n) is 6.02. The first-order valence-corrected chi connectivity index (χ1v) is 6.82. The van der Waals surface area contributed by atoms with Gasteiger partial charge in [0.1, 0.15) is 0 Å². The van der Waals surface area contributed by atoms with Gasteiger partial charge in [0.2, 0.25) is 0 Å². The maximum Gasteiger partial charge on any atom is 0.0476 e. The monoisotopic (exact) mass is 298 g/mol. The van der Waals surface area contributed by atoms with E-state index >= 15 is 0 Å². The molecule has 0 aliphatic carbocycles. The van der Waals surface area contributed by atoms with Crippen molar-refractivity contribution in [3.63, 3.8) is 0 Å². The third-order valence-electron chi connectivity index (χ3n) is 3.37. The average molecular weight is 299 g/mol. The lowest BCUT2D eigenvalue weighted by Crippen LogP contribution is -2.23. The summed E-state index contributed by atoms with van der Waals surface area (Å²) in [5.41, 5.74) is 8.38. The summed E-state index contributed by atoms with van der Waals surface area (Å²) in [5, 5.41) is 9.20. The Morgan fingerprint density at radius 1 is 1.59 bits per heavy atom. The van der Waals surface area contributed by atoms with Gasteiger partial charge < -0.3 is 15.7 Å². The summed E-state index contributed by atoms with van der Waals surface area (Å²) in [5.74, 6) is 0.398. The van der Waals surface area contributed by atoms with Gasteiger partial charge in [0.05, 0.1) is 0 Å². The van der Waals surface area contributed by atoms with Crippen molar-refractivity contribution in [1.29, 1.82) is 0 Å². The summed E-state index contributed by atoms with van der Waals surface area (Å²) < 4.78 is 1.07. The van der Waals surface area contributed by atoms with E-state index in [1.807, 2.05) is 13.0 Å². The van der Waals surface area contributed by atoms with Crippen molar-refractivity contribution in [2.24, 2.45) is 11.7 Å². The second-order valence-corrected chi connectivity index (χ2v) is 5.69. The average Bonchev–Trinajstić information content (AvgIpc) is 2.76. The summed E-state index contributed by atoms with van der Waals surface area (Å²) in [6.07, 6.45) is 1.06. The quantitative estimate of drug-likeness (QED) is 0.900. The molecule has 2 atom stereocenters. The zero-order chi connectivity index (χ0) is 12.4. The van der Waals surface area contributed by atoms with E-state index in [1.54, 1.807) is 0 Å². The number of rotatable bonds is 3. The molecular weight excluding hydrogens is 280 g/mol. The fourth-order valence-electron chi connectivity index (χ4n) is 2.38. The SMILES string of the molecule is CC(N)c1ccc(Br)cc1N1CCC(CO)C1. The highest BCUT2D eigenvalue weighted by atomic mass is 79.9. The minimum atomic E-state index is 0.0336. The highest BCUT2D eigenvalue weighted by molar-refractivity contribution is 9.10. The molecule has 17 heavy (non-hydrogen) atoms. The van der Waals surface area contributed by atoms with Gasteiger partial charge in [-0.25, -0.2) is 0 Å². The molecule has 1 heterocycles. The van der Waals surface area contributed by atoms with Crippen LogP contribution in [0.3, 0.4) is 0 Å². The fourth-order valence-corrected chi connectivity index (χ4v) is 2.73. The number of aliphatic hydroxyl groups is 1. The lowest BCUT2D eigenvalue weighted by molar-refractivity contribution is 0.238. The van der Waals surface area contributed by atoms with Crippen LogP contribution >= 0.6 is 15.9 Å². The first kappa shape index (κ1) is 12.9. The molecule has 4 heteroatoms. The molecule has 94 valence electrons. The number of hydrogen-bond donors (Lipinski definition) is 2. The molecule has 0 aromatic heterocycles. The Bertz CT molecular complexity index is 395. The molecule has 2 unspecified atom stereocenters. The zero-order valence-electron chi connectivity index (χ0n) is 10.1. The minimum Gasteiger partial charge on any atom is -0.396 e. The predicted molar refractivity (Wildman–Crippen MR) is 74.2 cm³/mol. The Labute approximate surface area is 111 Å². The summed E-state index contributed by atoms with van der Waals surface area (Å²) in [6.45, 7) is 4.21. The van der Waals surface area contributed by atoms with Crippen LogP contribution in [0.2, 0.25) is 0 Å². The van der Waals surface area contributed by atoms with Crippen molar-refractivity contribution in [2.75, 3.05) is 24.6 Å². The summed E-state index contributed by atoms with van der Waals surface area (Å²) in [4.78, 5) is 2.32. The minimum absolute atomic E-state index is 0.0336. The van der Waals surface area contributed by atoms with E-state index in [1.165, 1.54) is 11.3 Å². The van der Waals surface area contributed by atoms with Gasteiger partial charge in [0.15, 0.2) is 0 Å². The second-order valence-electron chi connectivity index (χ2n) is 4.78. The van der Waals surface area contributed by atoms with Gasteiger partial charge in [-0.2, -0.15) is 0 Å². The number of nitrogens with zero attached hydrogens (tertiary/aromatic N) is 1. The van der Waals surface area contributed by atoms with Gasteiger partial charge in [0, 0.05) is 41.8 Å². The highest BCUT2D eigenvalue weighted by Gasteiger charge is 2.24. The van der Waals surface area contributed by atoms with Gasteiger partial charge in [-0.1, -0.05) is 22.0 Å². The number of benzene rings is 1. The molecule has 0 spiro atoms. The smallest absolute Gasteiger partial charge is 0.0476 e. The molecule has 2 rings (SSSR count). The molecular formula is C13H19BrN2O. The van der Waals surface area contributed by atoms with E-state index in [-0.39, 0.29) is 12.6 Å². The van der Waals surface area contributed by atoms with Crippen LogP contribution in [0.15, 0.2) is 22.7 Å². The summed E-state index contributed by atoms with van der Waals surface area (Å²) in [6, 6.07) is 6.27. The number of halogens is 1. The van der Waals surface area contributed by atoms with Gasteiger partial charge in [-0.05, 0) is 31.0 Å². The van der Waals surface area contributed by atoms with Crippen LogP contribution in [-0.4, -0.2) is 24.8 Å². The van der Waals surface area contributed by atoms with Crippen molar-refractivity contribution < 1.29 is 5.11 Å². The molecule has 1 aliphatic rings. The van der Waals surface area contributed by atoms with Gasteiger partial charge in [-0.3, -0.25) is 0 Å². The standard InChI is InChI=1S/C13H19BrN2O/c1-9(15)12-3-2-11(14)6-13(12)16-5-4-10(7-16)8-17/h2-3,6,9-10,17H,4-5,7-8,15H2,1H3. The Kier molecular flexibility index (Phi) is 4.07.